The number of aromatic carboxylic acids is 1. The first-order valence-electron chi connectivity index (χ1n) is 3.83. The highest BCUT2D eigenvalue weighted by atomic mass is 32.1. The smallest absolute Gasteiger partial charge is 0.345 e. The SMILES string of the molecule is Nc1cc(O)c2sc(C(=O)O)cc2c1. The molecule has 4 nitrogen and oxygen atoms in total. The van der Waals surface area contributed by atoms with Gasteiger partial charge in [-0.25, -0.2) is 4.79 Å². The average Bonchev–Trinajstić information content (AvgIpc) is 2.47. The van der Waals surface area contributed by atoms with Crippen LogP contribution in [0, 0.1) is 0 Å². The molecule has 2 rings (SSSR count). The molecular weight excluding hydrogens is 202 g/mol. The first kappa shape index (κ1) is 8.83. The minimum Gasteiger partial charge on any atom is -0.506 e. The number of fused-ring (bicyclic) bond motifs is 1. The van der Waals surface area contributed by atoms with E-state index in [1.807, 2.05) is 0 Å². The molecule has 0 atom stereocenters. The number of carboxylic acid groups (broad SMARTS) is 1. The zero-order chi connectivity index (χ0) is 10.3. The summed E-state index contributed by atoms with van der Waals surface area (Å²) >= 11 is 1.04. The van der Waals surface area contributed by atoms with Gasteiger partial charge in [0.25, 0.3) is 0 Å². The molecule has 0 saturated carbocycles. The molecule has 0 radical (unpaired) electrons. The highest BCUT2D eigenvalue weighted by molar-refractivity contribution is 7.21. The van der Waals surface area contributed by atoms with Gasteiger partial charge >= 0.3 is 5.97 Å². The molecule has 5 heteroatoms. The Morgan fingerprint density at radius 3 is 2.71 bits per heavy atom. The molecule has 0 unspecified atom stereocenters. The molecule has 0 saturated heterocycles. The van der Waals surface area contributed by atoms with Crippen LogP contribution >= 0.6 is 11.3 Å². The monoisotopic (exact) mass is 209 g/mol. The van der Waals surface area contributed by atoms with Crippen LogP contribution in [0.4, 0.5) is 5.69 Å². The van der Waals surface area contributed by atoms with E-state index in [-0.39, 0.29) is 10.6 Å². The molecule has 0 aliphatic rings. The fraction of sp³-hybridized carbons (Fsp3) is 0. The number of carbonyl (C=O) groups is 1. The van der Waals surface area contributed by atoms with Crippen molar-refractivity contribution in [3.63, 3.8) is 0 Å². The number of rotatable bonds is 1. The second kappa shape index (κ2) is 2.88. The summed E-state index contributed by atoms with van der Waals surface area (Å²) in [5.41, 5.74) is 5.93. The van der Waals surface area contributed by atoms with Gasteiger partial charge in [0.2, 0.25) is 0 Å². The second-order valence-electron chi connectivity index (χ2n) is 2.87. The van der Waals surface area contributed by atoms with Crippen molar-refractivity contribution in [2.45, 2.75) is 0 Å². The average molecular weight is 209 g/mol. The number of benzene rings is 1. The topological polar surface area (TPSA) is 83.5 Å². The summed E-state index contributed by atoms with van der Waals surface area (Å²) in [6.45, 7) is 0. The Kier molecular flexibility index (Phi) is 1.82. The Morgan fingerprint density at radius 1 is 1.36 bits per heavy atom. The van der Waals surface area contributed by atoms with Crippen LogP contribution in [0.1, 0.15) is 9.67 Å². The standard InChI is InChI=1S/C9H7NO3S/c10-5-1-4-2-7(9(12)13)14-8(4)6(11)3-5/h1-3,11H,10H2,(H,12,13). The molecule has 0 spiro atoms. The van der Waals surface area contributed by atoms with E-state index in [1.54, 1.807) is 6.07 Å². The van der Waals surface area contributed by atoms with Crippen LogP contribution in [-0.2, 0) is 0 Å². The number of anilines is 1. The third-order valence-electron chi connectivity index (χ3n) is 1.83. The van der Waals surface area contributed by atoms with Gasteiger partial charge in [-0.05, 0) is 17.5 Å². The number of nitrogen functional groups attached to an aromatic ring is 1. The lowest BCUT2D eigenvalue weighted by atomic mass is 10.2. The van der Waals surface area contributed by atoms with E-state index >= 15 is 0 Å². The second-order valence-corrected chi connectivity index (χ2v) is 3.93. The Balaban J connectivity index is 2.76. The fourth-order valence-electron chi connectivity index (χ4n) is 1.26. The van der Waals surface area contributed by atoms with E-state index in [9.17, 15) is 9.90 Å². The molecule has 0 aliphatic carbocycles. The van der Waals surface area contributed by atoms with Crippen LogP contribution in [0.3, 0.4) is 0 Å². The van der Waals surface area contributed by atoms with Crippen molar-refractivity contribution in [2.24, 2.45) is 0 Å². The van der Waals surface area contributed by atoms with Gasteiger partial charge in [-0.1, -0.05) is 0 Å². The molecule has 1 heterocycles. The Bertz CT molecular complexity index is 518. The predicted octanol–water partition coefficient (Wildman–Crippen LogP) is 1.89. The van der Waals surface area contributed by atoms with Crippen molar-refractivity contribution in [2.75, 3.05) is 5.73 Å². The molecular formula is C9H7NO3S. The normalized spacial score (nSPS) is 10.6. The zero-order valence-electron chi connectivity index (χ0n) is 7.02. The maximum Gasteiger partial charge on any atom is 0.345 e. The van der Waals surface area contributed by atoms with Crippen LogP contribution in [0.2, 0.25) is 0 Å². The molecule has 14 heavy (non-hydrogen) atoms. The lowest BCUT2D eigenvalue weighted by molar-refractivity contribution is 0.0702. The molecule has 4 N–H and O–H groups in total. The van der Waals surface area contributed by atoms with Crippen molar-refractivity contribution in [3.05, 3.63) is 23.1 Å². The minimum absolute atomic E-state index is 0.0255. The first-order chi connectivity index (χ1) is 6.58. The van der Waals surface area contributed by atoms with E-state index < -0.39 is 5.97 Å². The number of carboxylic acids is 1. The number of thiophene rings is 1. The third-order valence-corrected chi connectivity index (χ3v) is 2.99. The van der Waals surface area contributed by atoms with Crippen molar-refractivity contribution in [1.29, 1.82) is 0 Å². The number of phenolic OH excluding ortho intramolecular Hbond substituents is 1. The van der Waals surface area contributed by atoms with Crippen molar-refractivity contribution < 1.29 is 15.0 Å². The molecule has 0 aliphatic heterocycles. The summed E-state index contributed by atoms with van der Waals surface area (Å²) in [4.78, 5) is 10.9. The zero-order valence-corrected chi connectivity index (χ0v) is 7.84. The van der Waals surface area contributed by atoms with Crippen LogP contribution in [-0.4, -0.2) is 16.2 Å². The van der Waals surface area contributed by atoms with Gasteiger partial charge in [0.05, 0.1) is 4.70 Å². The molecule has 1 aromatic heterocycles. The van der Waals surface area contributed by atoms with E-state index in [4.69, 9.17) is 10.8 Å². The largest absolute Gasteiger partial charge is 0.506 e. The summed E-state index contributed by atoms with van der Waals surface area (Å²) in [6, 6.07) is 4.54. The maximum atomic E-state index is 10.7. The van der Waals surface area contributed by atoms with Gasteiger partial charge < -0.3 is 15.9 Å². The molecule has 72 valence electrons. The van der Waals surface area contributed by atoms with Crippen molar-refractivity contribution in [3.8, 4) is 5.75 Å². The quantitative estimate of drug-likeness (QED) is 0.626. The van der Waals surface area contributed by atoms with Crippen LogP contribution in [0.25, 0.3) is 10.1 Å². The van der Waals surface area contributed by atoms with Gasteiger partial charge in [-0.2, -0.15) is 0 Å². The predicted molar refractivity (Wildman–Crippen MR) is 54.9 cm³/mol. The minimum atomic E-state index is -0.996. The highest BCUT2D eigenvalue weighted by Crippen LogP contribution is 2.34. The summed E-state index contributed by atoms with van der Waals surface area (Å²) in [5.74, 6) is -0.971. The summed E-state index contributed by atoms with van der Waals surface area (Å²) < 4.78 is 0.552. The lowest BCUT2D eigenvalue weighted by Crippen LogP contribution is -1.89. The van der Waals surface area contributed by atoms with Crippen LogP contribution < -0.4 is 5.73 Å². The molecule has 2 aromatic rings. The van der Waals surface area contributed by atoms with Gasteiger partial charge in [0.15, 0.2) is 0 Å². The molecule has 0 fully saturated rings. The summed E-state index contributed by atoms with van der Waals surface area (Å²) in [5, 5.41) is 18.9. The molecule has 0 amide bonds. The lowest BCUT2D eigenvalue weighted by Gasteiger charge is -1.96. The Morgan fingerprint density at radius 2 is 2.07 bits per heavy atom. The Labute approximate surface area is 83.2 Å². The maximum absolute atomic E-state index is 10.7. The third kappa shape index (κ3) is 1.27. The number of phenols is 1. The van der Waals surface area contributed by atoms with Gasteiger partial charge in [-0.3, -0.25) is 0 Å². The van der Waals surface area contributed by atoms with E-state index in [0.29, 0.717) is 15.8 Å². The van der Waals surface area contributed by atoms with Crippen LogP contribution in [0.15, 0.2) is 18.2 Å². The van der Waals surface area contributed by atoms with Gasteiger partial charge in [0, 0.05) is 11.8 Å². The van der Waals surface area contributed by atoms with Crippen LogP contribution in [0.5, 0.6) is 5.75 Å². The molecule has 1 aromatic carbocycles. The number of aromatic hydroxyl groups is 1. The van der Waals surface area contributed by atoms with E-state index in [0.717, 1.165) is 11.3 Å². The highest BCUT2D eigenvalue weighted by Gasteiger charge is 2.11. The van der Waals surface area contributed by atoms with E-state index in [2.05, 4.69) is 0 Å². The fourth-order valence-corrected chi connectivity index (χ4v) is 2.15. The van der Waals surface area contributed by atoms with Gasteiger partial charge in [0.1, 0.15) is 10.6 Å². The summed E-state index contributed by atoms with van der Waals surface area (Å²) in [7, 11) is 0. The number of nitrogens with two attached hydrogens (primary N) is 1. The Hall–Kier alpha value is -1.75. The van der Waals surface area contributed by atoms with Gasteiger partial charge in [-0.15, -0.1) is 11.3 Å². The summed E-state index contributed by atoms with van der Waals surface area (Å²) in [6.07, 6.45) is 0. The van der Waals surface area contributed by atoms with Crippen molar-refractivity contribution in [1.82, 2.24) is 0 Å². The number of hydrogen-bond donors (Lipinski definition) is 3. The number of hydrogen-bond acceptors (Lipinski definition) is 4. The van der Waals surface area contributed by atoms with E-state index in [1.165, 1.54) is 12.1 Å². The molecule has 0 bridgehead atoms. The first-order valence-corrected chi connectivity index (χ1v) is 4.65. The van der Waals surface area contributed by atoms with Crippen molar-refractivity contribution >= 4 is 33.1 Å².